The molecule has 0 aliphatic heterocycles. The van der Waals surface area contributed by atoms with Crippen molar-refractivity contribution in [3.63, 3.8) is 0 Å². The first-order chi connectivity index (χ1) is 7.00. The molecule has 1 aromatic rings. The zero-order valence-electron chi connectivity index (χ0n) is 8.03. The Labute approximate surface area is 84.5 Å². The monoisotopic (exact) mass is 213 g/mol. The number of nitrogens with one attached hydrogen (secondary N) is 3. The first kappa shape index (κ1) is 11.0. The van der Waals surface area contributed by atoms with Gasteiger partial charge in [0.25, 0.3) is 5.91 Å². The van der Waals surface area contributed by atoms with Gasteiger partial charge in [0.1, 0.15) is 5.69 Å². The lowest BCUT2D eigenvalue weighted by atomic mass is 10.2. The standard InChI is InChI=1S/C8H11N3O4/c1-4(7(13)14)2-9-6(12)5-3-10-8(15)11-5/h3-4H,2H2,1H3,(H,9,12)(H,13,14)(H2,10,11,15). The maximum Gasteiger partial charge on any atom is 0.323 e. The molecular formula is C8H11N3O4. The third-order valence-corrected chi connectivity index (χ3v) is 1.83. The van der Waals surface area contributed by atoms with Crippen LogP contribution in [0.25, 0.3) is 0 Å². The van der Waals surface area contributed by atoms with E-state index in [9.17, 15) is 14.4 Å². The highest BCUT2D eigenvalue weighted by Gasteiger charge is 2.13. The summed E-state index contributed by atoms with van der Waals surface area (Å²) in [5, 5.41) is 10.9. The number of aromatic nitrogens is 2. The number of amides is 1. The SMILES string of the molecule is CC(CNC(=O)c1c[nH]c(=O)[nH]1)C(=O)O. The van der Waals surface area contributed by atoms with Crippen LogP contribution in [0, 0.1) is 5.92 Å². The summed E-state index contributed by atoms with van der Waals surface area (Å²) in [7, 11) is 0. The largest absolute Gasteiger partial charge is 0.481 e. The molecule has 15 heavy (non-hydrogen) atoms. The molecule has 0 saturated carbocycles. The number of hydrogen-bond acceptors (Lipinski definition) is 3. The van der Waals surface area contributed by atoms with Gasteiger partial charge in [-0.3, -0.25) is 9.59 Å². The fourth-order valence-corrected chi connectivity index (χ4v) is 0.883. The van der Waals surface area contributed by atoms with Crippen LogP contribution in [0.3, 0.4) is 0 Å². The van der Waals surface area contributed by atoms with Crippen LogP contribution >= 0.6 is 0 Å². The smallest absolute Gasteiger partial charge is 0.323 e. The Bertz CT molecular complexity index is 420. The second-order valence-electron chi connectivity index (χ2n) is 3.11. The van der Waals surface area contributed by atoms with Crippen LogP contribution in [0.1, 0.15) is 17.4 Å². The lowest BCUT2D eigenvalue weighted by Gasteiger charge is -2.06. The van der Waals surface area contributed by atoms with Crippen molar-refractivity contribution >= 4 is 11.9 Å². The lowest BCUT2D eigenvalue weighted by Crippen LogP contribution is -2.31. The number of aliphatic carboxylic acids is 1. The molecule has 0 aliphatic carbocycles. The summed E-state index contributed by atoms with van der Waals surface area (Å²) in [5.41, 5.74) is -0.399. The Morgan fingerprint density at radius 1 is 1.60 bits per heavy atom. The molecule has 0 fully saturated rings. The van der Waals surface area contributed by atoms with Crippen molar-refractivity contribution in [3.05, 3.63) is 22.4 Å². The molecule has 1 aromatic heterocycles. The zero-order valence-corrected chi connectivity index (χ0v) is 8.03. The van der Waals surface area contributed by atoms with Gasteiger partial charge in [-0.2, -0.15) is 0 Å². The van der Waals surface area contributed by atoms with Gasteiger partial charge in [0.05, 0.1) is 5.92 Å². The van der Waals surface area contributed by atoms with Crippen molar-refractivity contribution < 1.29 is 14.7 Å². The van der Waals surface area contributed by atoms with Crippen molar-refractivity contribution in [2.75, 3.05) is 6.54 Å². The topological polar surface area (TPSA) is 115 Å². The van der Waals surface area contributed by atoms with E-state index in [0.29, 0.717) is 0 Å². The van der Waals surface area contributed by atoms with Gasteiger partial charge in [-0.25, -0.2) is 4.79 Å². The molecule has 0 spiro atoms. The molecular weight excluding hydrogens is 202 g/mol. The molecule has 7 nitrogen and oxygen atoms in total. The van der Waals surface area contributed by atoms with Crippen LogP contribution in [0.5, 0.6) is 0 Å². The summed E-state index contributed by atoms with van der Waals surface area (Å²) in [6, 6.07) is 0. The minimum Gasteiger partial charge on any atom is -0.481 e. The van der Waals surface area contributed by atoms with E-state index < -0.39 is 23.5 Å². The average molecular weight is 213 g/mol. The third kappa shape index (κ3) is 2.97. The summed E-state index contributed by atoms with van der Waals surface area (Å²) >= 11 is 0. The van der Waals surface area contributed by atoms with E-state index in [1.807, 2.05) is 0 Å². The summed E-state index contributed by atoms with van der Waals surface area (Å²) in [5.74, 6) is -2.17. The molecule has 0 saturated heterocycles. The first-order valence-corrected chi connectivity index (χ1v) is 4.29. The van der Waals surface area contributed by atoms with Gasteiger partial charge in [-0.05, 0) is 0 Å². The van der Waals surface area contributed by atoms with Crippen LogP contribution < -0.4 is 11.0 Å². The number of carboxylic acid groups (broad SMARTS) is 1. The number of carbonyl (C=O) groups is 2. The Morgan fingerprint density at radius 3 is 2.73 bits per heavy atom. The maximum atomic E-state index is 11.3. The van der Waals surface area contributed by atoms with Gasteiger partial charge < -0.3 is 20.4 Å². The fourth-order valence-electron chi connectivity index (χ4n) is 0.883. The molecule has 0 aromatic carbocycles. The van der Waals surface area contributed by atoms with Crippen LogP contribution in [0.15, 0.2) is 11.0 Å². The minimum atomic E-state index is -0.988. The van der Waals surface area contributed by atoms with Crippen LogP contribution in [0.2, 0.25) is 0 Å². The minimum absolute atomic E-state index is 0.0153. The van der Waals surface area contributed by atoms with Crippen molar-refractivity contribution in [1.29, 1.82) is 0 Å². The number of H-pyrrole nitrogens is 2. The number of rotatable bonds is 4. The van der Waals surface area contributed by atoms with Gasteiger partial charge in [-0.15, -0.1) is 0 Å². The predicted octanol–water partition coefficient (Wildman–Crippen LogP) is -0.846. The van der Waals surface area contributed by atoms with Gasteiger partial charge >= 0.3 is 11.7 Å². The van der Waals surface area contributed by atoms with Crippen LogP contribution in [0.4, 0.5) is 0 Å². The second-order valence-corrected chi connectivity index (χ2v) is 3.11. The van der Waals surface area contributed by atoms with E-state index in [1.165, 1.54) is 13.1 Å². The molecule has 7 heteroatoms. The second kappa shape index (κ2) is 4.45. The molecule has 1 heterocycles. The summed E-state index contributed by atoms with van der Waals surface area (Å²) in [6.45, 7) is 1.49. The average Bonchev–Trinajstić information content (AvgIpc) is 2.60. The van der Waals surface area contributed by atoms with Crippen LogP contribution in [-0.4, -0.2) is 33.5 Å². The third-order valence-electron chi connectivity index (χ3n) is 1.83. The highest BCUT2D eigenvalue weighted by Crippen LogP contribution is 1.93. The van der Waals surface area contributed by atoms with E-state index in [1.54, 1.807) is 0 Å². The molecule has 0 radical (unpaired) electrons. The molecule has 1 atom stereocenters. The van der Waals surface area contributed by atoms with Gasteiger partial charge in [-0.1, -0.05) is 6.92 Å². The summed E-state index contributed by atoms with van der Waals surface area (Å²) in [4.78, 5) is 36.9. The number of hydrogen-bond donors (Lipinski definition) is 4. The quantitative estimate of drug-likeness (QED) is 0.521. The van der Waals surface area contributed by atoms with Crippen molar-refractivity contribution in [2.45, 2.75) is 6.92 Å². The van der Waals surface area contributed by atoms with Gasteiger partial charge in [0.15, 0.2) is 0 Å². The van der Waals surface area contributed by atoms with E-state index in [2.05, 4.69) is 15.3 Å². The first-order valence-electron chi connectivity index (χ1n) is 4.29. The molecule has 82 valence electrons. The molecule has 1 unspecified atom stereocenters. The Balaban J connectivity index is 2.50. The predicted molar refractivity (Wildman–Crippen MR) is 50.5 cm³/mol. The molecule has 4 N–H and O–H groups in total. The highest BCUT2D eigenvalue weighted by molar-refractivity contribution is 5.92. The number of aromatic amines is 2. The van der Waals surface area contributed by atoms with Gasteiger partial charge in [0, 0.05) is 12.7 Å². The van der Waals surface area contributed by atoms with E-state index >= 15 is 0 Å². The number of imidazole rings is 1. The fraction of sp³-hybridized carbons (Fsp3) is 0.375. The van der Waals surface area contributed by atoms with E-state index in [0.717, 1.165) is 0 Å². The molecule has 1 rings (SSSR count). The van der Waals surface area contributed by atoms with Crippen molar-refractivity contribution in [1.82, 2.24) is 15.3 Å². The Kier molecular flexibility index (Phi) is 3.27. The van der Waals surface area contributed by atoms with Crippen molar-refractivity contribution in [2.24, 2.45) is 5.92 Å². The Hall–Kier alpha value is -2.05. The van der Waals surface area contributed by atoms with Crippen LogP contribution in [-0.2, 0) is 4.79 Å². The summed E-state index contributed by atoms with van der Waals surface area (Å²) in [6.07, 6.45) is 1.23. The number of carboxylic acids is 1. The number of carbonyl (C=O) groups excluding carboxylic acids is 1. The van der Waals surface area contributed by atoms with E-state index in [-0.39, 0.29) is 12.2 Å². The maximum absolute atomic E-state index is 11.3. The van der Waals surface area contributed by atoms with Crippen molar-refractivity contribution in [3.8, 4) is 0 Å². The molecule has 0 aliphatic rings. The summed E-state index contributed by atoms with van der Waals surface area (Å²) < 4.78 is 0. The molecule has 0 bridgehead atoms. The van der Waals surface area contributed by atoms with Gasteiger partial charge in [0.2, 0.25) is 0 Å². The zero-order chi connectivity index (χ0) is 11.4. The lowest BCUT2D eigenvalue weighted by molar-refractivity contribution is -0.140. The van der Waals surface area contributed by atoms with E-state index in [4.69, 9.17) is 5.11 Å². The normalized spacial score (nSPS) is 12.1. The molecule has 1 amide bonds. The highest BCUT2D eigenvalue weighted by atomic mass is 16.4. The Morgan fingerprint density at radius 2 is 2.27 bits per heavy atom.